The van der Waals surface area contributed by atoms with Crippen LogP contribution in [0.2, 0.25) is 0 Å². The average molecular weight is 383 g/mol. The Morgan fingerprint density at radius 2 is 2.07 bits per heavy atom. The molecule has 2 aromatic rings. The van der Waals surface area contributed by atoms with Gasteiger partial charge in [0.2, 0.25) is 11.8 Å². The molecule has 0 bridgehead atoms. The standard InChI is InChI=1S/C21H29N5O2/c1-2-24(15-16-26-12-6-10-23-26)20(27)17-19-21(28)22-11-14-25(19)13-9-18-7-4-3-5-8-18/h3-8,10,12,19H,2,9,11,13-17H2,1H3,(H,22,28)/t19-/m0/s1. The molecule has 1 aliphatic rings. The number of carbonyl (C=O) groups excluding carboxylic acids is 2. The molecular weight excluding hydrogens is 354 g/mol. The fourth-order valence-corrected chi connectivity index (χ4v) is 3.58. The molecule has 1 saturated heterocycles. The summed E-state index contributed by atoms with van der Waals surface area (Å²) in [5.41, 5.74) is 1.24. The zero-order valence-electron chi connectivity index (χ0n) is 16.5. The number of benzene rings is 1. The van der Waals surface area contributed by atoms with Crippen LogP contribution in [0.3, 0.4) is 0 Å². The summed E-state index contributed by atoms with van der Waals surface area (Å²) in [5.74, 6) is -0.0304. The van der Waals surface area contributed by atoms with Crippen molar-refractivity contribution in [3.05, 3.63) is 54.4 Å². The van der Waals surface area contributed by atoms with Crippen molar-refractivity contribution in [3.8, 4) is 0 Å². The summed E-state index contributed by atoms with van der Waals surface area (Å²) in [6, 6.07) is 11.7. The van der Waals surface area contributed by atoms with Crippen LogP contribution in [0.4, 0.5) is 0 Å². The highest BCUT2D eigenvalue weighted by Gasteiger charge is 2.32. The molecule has 7 heteroatoms. The first-order valence-electron chi connectivity index (χ1n) is 9.98. The number of rotatable bonds is 9. The molecule has 3 rings (SSSR count). The molecule has 1 aliphatic heterocycles. The smallest absolute Gasteiger partial charge is 0.237 e. The molecule has 150 valence electrons. The SMILES string of the molecule is CCN(CCn1cccn1)C(=O)C[C@H]1C(=O)NCCN1CCc1ccccc1. The van der Waals surface area contributed by atoms with E-state index < -0.39 is 6.04 Å². The molecule has 7 nitrogen and oxygen atoms in total. The molecule has 0 radical (unpaired) electrons. The van der Waals surface area contributed by atoms with E-state index in [2.05, 4.69) is 27.4 Å². The van der Waals surface area contributed by atoms with Crippen molar-refractivity contribution >= 4 is 11.8 Å². The Labute approximate surface area is 166 Å². The second kappa shape index (κ2) is 10.0. The minimum absolute atomic E-state index is 0.0152. The normalized spacial score (nSPS) is 17.3. The van der Waals surface area contributed by atoms with Crippen molar-refractivity contribution in [2.45, 2.75) is 32.4 Å². The number of nitrogens with zero attached hydrogens (tertiary/aromatic N) is 4. The molecule has 0 spiro atoms. The summed E-state index contributed by atoms with van der Waals surface area (Å²) < 4.78 is 1.81. The van der Waals surface area contributed by atoms with Crippen molar-refractivity contribution in [2.75, 3.05) is 32.7 Å². The Bertz CT molecular complexity index is 747. The van der Waals surface area contributed by atoms with Crippen molar-refractivity contribution in [2.24, 2.45) is 0 Å². The van der Waals surface area contributed by atoms with Crippen molar-refractivity contribution in [3.63, 3.8) is 0 Å². The van der Waals surface area contributed by atoms with Gasteiger partial charge in [0.25, 0.3) is 0 Å². The van der Waals surface area contributed by atoms with Crippen LogP contribution in [0.15, 0.2) is 48.8 Å². The predicted octanol–water partition coefficient (Wildman–Crippen LogP) is 1.16. The van der Waals surface area contributed by atoms with Crippen molar-refractivity contribution in [1.82, 2.24) is 24.9 Å². The zero-order valence-corrected chi connectivity index (χ0v) is 16.5. The Morgan fingerprint density at radius 3 is 2.79 bits per heavy atom. The van der Waals surface area contributed by atoms with Gasteiger partial charge < -0.3 is 10.2 Å². The van der Waals surface area contributed by atoms with E-state index in [1.807, 2.05) is 42.1 Å². The minimum Gasteiger partial charge on any atom is -0.353 e. The van der Waals surface area contributed by atoms with Crippen LogP contribution < -0.4 is 5.32 Å². The third-order valence-electron chi connectivity index (χ3n) is 5.23. The zero-order chi connectivity index (χ0) is 19.8. The van der Waals surface area contributed by atoms with Gasteiger partial charge in [0, 0.05) is 45.1 Å². The van der Waals surface area contributed by atoms with E-state index in [1.54, 1.807) is 11.1 Å². The topological polar surface area (TPSA) is 70.5 Å². The quantitative estimate of drug-likeness (QED) is 0.706. The molecule has 2 amide bonds. The Hall–Kier alpha value is -2.67. The third kappa shape index (κ3) is 5.42. The van der Waals surface area contributed by atoms with Gasteiger partial charge in [-0.15, -0.1) is 0 Å². The number of amides is 2. The van der Waals surface area contributed by atoms with E-state index in [0.29, 0.717) is 26.2 Å². The fourth-order valence-electron chi connectivity index (χ4n) is 3.58. The first-order valence-corrected chi connectivity index (χ1v) is 9.98. The Morgan fingerprint density at radius 1 is 1.25 bits per heavy atom. The van der Waals surface area contributed by atoms with Crippen LogP contribution >= 0.6 is 0 Å². The molecule has 1 aromatic heterocycles. The molecule has 1 aromatic carbocycles. The monoisotopic (exact) mass is 383 g/mol. The van der Waals surface area contributed by atoms with E-state index in [9.17, 15) is 9.59 Å². The highest BCUT2D eigenvalue weighted by molar-refractivity contribution is 5.88. The molecule has 1 N–H and O–H groups in total. The van der Waals surface area contributed by atoms with Crippen LogP contribution in [0, 0.1) is 0 Å². The van der Waals surface area contributed by atoms with E-state index >= 15 is 0 Å². The van der Waals surface area contributed by atoms with Crippen LogP contribution in [0.5, 0.6) is 0 Å². The lowest BCUT2D eigenvalue weighted by molar-refractivity contribution is -0.138. The van der Waals surface area contributed by atoms with Crippen molar-refractivity contribution < 1.29 is 9.59 Å². The summed E-state index contributed by atoms with van der Waals surface area (Å²) in [7, 11) is 0. The maximum atomic E-state index is 12.9. The van der Waals surface area contributed by atoms with E-state index in [1.165, 1.54) is 5.56 Å². The maximum absolute atomic E-state index is 12.9. The van der Waals surface area contributed by atoms with Gasteiger partial charge in [0.1, 0.15) is 0 Å². The van der Waals surface area contributed by atoms with E-state index in [4.69, 9.17) is 0 Å². The molecular formula is C21H29N5O2. The van der Waals surface area contributed by atoms with Gasteiger partial charge in [-0.25, -0.2) is 0 Å². The molecule has 28 heavy (non-hydrogen) atoms. The van der Waals surface area contributed by atoms with Gasteiger partial charge >= 0.3 is 0 Å². The molecule has 1 atom stereocenters. The first-order chi connectivity index (χ1) is 13.7. The van der Waals surface area contributed by atoms with Crippen molar-refractivity contribution in [1.29, 1.82) is 0 Å². The summed E-state index contributed by atoms with van der Waals surface area (Å²) in [5, 5.41) is 7.09. The second-order valence-corrected chi connectivity index (χ2v) is 7.03. The van der Waals surface area contributed by atoms with Crippen LogP contribution in [0.25, 0.3) is 0 Å². The molecule has 2 heterocycles. The van der Waals surface area contributed by atoms with Crippen LogP contribution in [-0.2, 0) is 22.6 Å². The van der Waals surface area contributed by atoms with Gasteiger partial charge in [0.05, 0.1) is 19.0 Å². The summed E-state index contributed by atoms with van der Waals surface area (Å²) >= 11 is 0. The van der Waals surface area contributed by atoms with Gasteiger partial charge in [-0.1, -0.05) is 30.3 Å². The van der Waals surface area contributed by atoms with Gasteiger partial charge in [-0.05, 0) is 25.0 Å². The predicted molar refractivity (Wildman–Crippen MR) is 108 cm³/mol. The lowest BCUT2D eigenvalue weighted by Gasteiger charge is -2.35. The molecule has 0 saturated carbocycles. The van der Waals surface area contributed by atoms with Gasteiger partial charge in [-0.3, -0.25) is 19.2 Å². The largest absolute Gasteiger partial charge is 0.353 e. The molecule has 1 fully saturated rings. The number of piperazine rings is 1. The minimum atomic E-state index is -0.399. The molecule has 0 unspecified atom stereocenters. The van der Waals surface area contributed by atoms with Crippen LogP contribution in [-0.4, -0.2) is 70.2 Å². The van der Waals surface area contributed by atoms with Gasteiger partial charge in [-0.2, -0.15) is 5.10 Å². The Balaban J connectivity index is 1.57. The lowest BCUT2D eigenvalue weighted by Crippen LogP contribution is -2.57. The second-order valence-electron chi connectivity index (χ2n) is 7.03. The Kier molecular flexibility index (Phi) is 7.19. The average Bonchev–Trinajstić information content (AvgIpc) is 3.23. The number of aromatic nitrogens is 2. The number of carbonyl (C=O) groups is 2. The number of likely N-dealkylation sites (N-methyl/N-ethyl adjacent to an activating group) is 1. The van der Waals surface area contributed by atoms with E-state index in [0.717, 1.165) is 19.5 Å². The summed E-state index contributed by atoms with van der Waals surface area (Å²) in [6.07, 6.45) is 4.70. The first kappa shape index (κ1) is 20.1. The number of nitrogens with one attached hydrogen (secondary N) is 1. The molecule has 0 aliphatic carbocycles. The third-order valence-corrected chi connectivity index (χ3v) is 5.23. The summed E-state index contributed by atoms with van der Waals surface area (Å²) in [4.78, 5) is 29.3. The number of hydrogen-bond acceptors (Lipinski definition) is 4. The summed E-state index contributed by atoms with van der Waals surface area (Å²) in [6.45, 7) is 6.02. The van der Waals surface area contributed by atoms with Crippen LogP contribution in [0.1, 0.15) is 18.9 Å². The highest BCUT2D eigenvalue weighted by atomic mass is 16.2. The number of hydrogen-bond donors (Lipinski definition) is 1. The lowest BCUT2D eigenvalue weighted by atomic mass is 10.1. The fraction of sp³-hybridized carbons (Fsp3) is 0.476. The highest BCUT2D eigenvalue weighted by Crippen LogP contribution is 2.13. The maximum Gasteiger partial charge on any atom is 0.237 e. The van der Waals surface area contributed by atoms with E-state index in [-0.39, 0.29) is 18.2 Å². The van der Waals surface area contributed by atoms with Gasteiger partial charge in [0.15, 0.2) is 0 Å².